The number of pyridine rings is 1. The van der Waals surface area contributed by atoms with E-state index >= 15 is 0 Å². The molecule has 7 nitrogen and oxygen atoms in total. The predicted molar refractivity (Wildman–Crippen MR) is 141 cm³/mol. The number of aromatic nitrogens is 3. The van der Waals surface area contributed by atoms with E-state index < -0.39 is 0 Å². The van der Waals surface area contributed by atoms with Crippen molar-refractivity contribution < 1.29 is 9.90 Å². The number of fused-ring (bicyclic) bond motifs is 1. The van der Waals surface area contributed by atoms with Crippen molar-refractivity contribution in [2.45, 2.75) is 31.2 Å². The first kappa shape index (κ1) is 22.5. The Hall–Kier alpha value is -3.97. The van der Waals surface area contributed by atoms with Gasteiger partial charge in [0.05, 0.1) is 22.3 Å². The Morgan fingerprint density at radius 1 is 1.03 bits per heavy atom. The first-order valence-electron chi connectivity index (χ1n) is 12.6. The largest absolute Gasteiger partial charge is 0.508 e. The highest BCUT2D eigenvalue weighted by molar-refractivity contribution is 6.09. The van der Waals surface area contributed by atoms with Crippen LogP contribution in [0.4, 0.5) is 0 Å². The minimum absolute atomic E-state index is 0.00552. The summed E-state index contributed by atoms with van der Waals surface area (Å²) in [6, 6.07) is 18.8. The highest BCUT2D eigenvalue weighted by Gasteiger charge is 2.39. The Kier molecular flexibility index (Phi) is 5.77. The van der Waals surface area contributed by atoms with Crippen LogP contribution < -0.4 is 5.32 Å². The van der Waals surface area contributed by atoms with E-state index in [9.17, 15) is 9.90 Å². The number of hydrogen-bond acceptors (Lipinski definition) is 5. The summed E-state index contributed by atoms with van der Waals surface area (Å²) in [6.45, 7) is 2.19. The fraction of sp³-hybridized carbons (Fsp3) is 0.276. The van der Waals surface area contributed by atoms with Gasteiger partial charge in [-0.05, 0) is 54.8 Å². The van der Waals surface area contributed by atoms with Gasteiger partial charge in [0.2, 0.25) is 0 Å². The highest BCUT2D eigenvalue weighted by Crippen LogP contribution is 2.34. The number of nitrogens with one attached hydrogen (secondary N) is 2. The molecule has 1 saturated carbocycles. The van der Waals surface area contributed by atoms with Crippen LogP contribution in [0, 0.1) is 0 Å². The number of aromatic hydroxyl groups is 1. The first-order valence-corrected chi connectivity index (χ1v) is 12.6. The molecule has 6 rings (SSSR count). The lowest BCUT2D eigenvalue weighted by molar-refractivity contribution is 0.0626. The molecule has 1 aliphatic heterocycles. The van der Waals surface area contributed by atoms with E-state index in [-0.39, 0.29) is 17.2 Å². The zero-order chi connectivity index (χ0) is 24.5. The third kappa shape index (κ3) is 4.27. The normalized spacial score (nSPS) is 17.4. The lowest BCUT2D eigenvalue weighted by Gasteiger charge is -2.41. The zero-order valence-electron chi connectivity index (χ0n) is 20.1. The molecule has 1 aliphatic carbocycles. The summed E-state index contributed by atoms with van der Waals surface area (Å²) in [6.07, 6.45) is 8.59. The van der Waals surface area contributed by atoms with Crippen LogP contribution in [0.3, 0.4) is 0 Å². The minimum Gasteiger partial charge on any atom is -0.508 e. The van der Waals surface area contributed by atoms with E-state index in [2.05, 4.69) is 15.5 Å². The van der Waals surface area contributed by atoms with Crippen LogP contribution in [-0.4, -0.2) is 56.3 Å². The number of carbonyl (C=O) groups is 1. The number of phenolic OH excluding ortho intramolecular Hbond substituents is 1. The van der Waals surface area contributed by atoms with Gasteiger partial charge >= 0.3 is 0 Å². The number of aromatic amines is 1. The van der Waals surface area contributed by atoms with Crippen LogP contribution in [0.2, 0.25) is 0 Å². The maximum Gasteiger partial charge on any atom is 0.254 e. The van der Waals surface area contributed by atoms with Gasteiger partial charge < -0.3 is 15.3 Å². The number of hydrogen-bond donors (Lipinski definition) is 3. The molecular formula is C29H29N5O2. The molecule has 3 N–H and O–H groups in total. The molecule has 36 heavy (non-hydrogen) atoms. The van der Waals surface area contributed by atoms with Gasteiger partial charge in [0, 0.05) is 30.7 Å². The first-order chi connectivity index (χ1) is 17.6. The Balaban J connectivity index is 1.44. The molecule has 0 atom stereocenters. The summed E-state index contributed by atoms with van der Waals surface area (Å²) in [7, 11) is 0. The van der Waals surface area contributed by atoms with Gasteiger partial charge in [-0.15, -0.1) is 0 Å². The lowest BCUT2D eigenvalue weighted by atomic mass is 9.93. The monoisotopic (exact) mass is 479 g/mol. The zero-order valence-corrected chi connectivity index (χ0v) is 20.1. The van der Waals surface area contributed by atoms with Crippen LogP contribution >= 0.6 is 0 Å². The smallest absolute Gasteiger partial charge is 0.254 e. The molecule has 3 heterocycles. The molecule has 0 unspecified atom stereocenters. The Bertz CT molecular complexity index is 1420. The van der Waals surface area contributed by atoms with Crippen molar-refractivity contribution in [2.24, 2.45) is 0 Å². The average Bonchev–Trinajstić information content (AvgIpc) is 3.54. The summed E-state index contributed by atoms with van der Waals surface area (Å²) in [5.41, 5.74) is 4.43. The summed E-state index contributed by atoms with van der Waals surface area (Å²) < 4.78 is 0. The topological polar surface area (TPSA) is 94.1 Å². The second-order valence-corrected chi connectivity index (χ2v) is 9.82. The van der Waals surface area contributed by atoms with E-state index in [4.69, 9.17) is 4.98 Å². The van der Waals surface area contributed by atoms with Crippen molar-refractivity contribution in [1.82, 2.24) is 25.4 Å². The number of rotatable bonds is 4. The quantitative estimate of drug-likeness (QED) is 0.389. The Morgan fingerprint density at radius 2 is 1.81 bits per heavy atom. The summed E-state index contributed by atoms with van der Waals surface area (Å²) >= 11 is 0. The van der Waals surface area contributed by atoms with Gasteiger partial charge in [0.1, 0.15) is 5.75 Å². The highest BCUT2D eigenvalue weighted by atomic mass is 16.3. The third-order valence-electron chi connectivity index (χ3n) is 7.41. The molecule has 0 radical (unpaired) electrons. The molecule has 7 heteroatoms. The number of amides is 1. The molecule has 4 aromatic rings. The van der Waals surface area contributed by atoms with Crippen LogP contribution in [0.1, 0.15) is 47.3 Å². The lowest BCUT2D eigenvalue weighted by Crippen LogP contribution is -2.60. The SMILES string of the molecule is O=C(c1cc(-c2ccc(O)cc2)nc2n[nH]c(/C=C/c3ccccc3)c12)N1CCNC2(CCCC2)C1. The van der Waals surface area contributed by atoms with Crippen molar-refractivity contribution in [3.05, 3.63) is 77.5 Å². The van der Waals surface area contributed by atoms with Gasteiger partial charge in [-0.1, -0.05) is 49.2 Å². The molecule has 182 valence electrons. The second kappa shape index (κ2) is 9.24. The van der Waals surface area contributed by atoms with Crippen molar-refractivity contribution in [3.63, 3.8) is 0 Å². The van der Waals surface area contributed by atoms with Crippen LogP contribution in [-0.2, 0) is 0 Å². The summed E-state index contributed by atoms with van der Waals surface area (Å²) in [5, 5.41) is 21.7. The van der Waals surface area contributed by atoms with E-state index in [1.807, 2.05) is 53.5 Å². The standard InChI is InChI=1S/C29H29N5O2/c35-22-11-9-21(10-12-22)25-18-23(28(36)34-17-16-30-29(19-34)14-4-5-15-29)26-24(32-33-27(26)31-25)13-8-20-6-2-1-3-7-20/h1-3,6-13,18,30,35H,4-5,14-17,19H2,(H,31,32,33)/b13-8+. The fourth-order valence-electron chi connectivity index (χ4n) is 5.55. The van der Waals surface area contributed by atoms with Gasteiger partial charge in [0.25, 0.3) is 5.91 Å². The second-order valence-electron chi connectivity index (χ2n) is 9.82. The van der Waals surface area contributed by atoms with Gasteiger partial charge in [0.15, 0.2) is 5.65 Å². The molecule has 1 spiro atoms. The van der Waals surface area contributed by atoms with Crippen molar-refractivity contribution in [1.29, 1.82) is 0 Å². The number of piperazine rings is 1. The van der Waals surface area contributed by atoms with Gasteiger partial charge in [-0.25, -0.2) is 4.98 Å². The van der Waals surface area contributed by atoms with Crippen LogP contribution in [0.5, 0.6) is 5.75 Å². The average molecular weight is 480 g/mol. The van der Waals surface area contributed by atoms with Crippen LogP contribution in [0.15, 0.2) is 60.7 Å². The maximum atomic E-state index is 14.1. The minimum atomic E-state index is 0.00552. The van der Waals surface area contributed by atoms with Crippen molar-refractivity contribution >= 4 is 29.1 Å². The number of nitrogens with zero attached hydrogens (tertiary/aromatic N) is 3. The molecule has 1 saturated heterocycles. The van der Waals surface area contributed by atoms with Gasteiger partial charge in [-0.3, -0.25) is 9.89 Å². The number of H-pyrrole nitrogens is 1. The Labute approximate surface area is 209 Å². The van der Waals surface area contributed by atoms with Gasteiger partial charge in [-0.2, -0.15) is 5.10 Å². The number of benzene rings is 2. The molecule has 2 aromatic carbocycles. The molecule has 2 aliphatic rings. The summed E-state index contributed by atoms with van der Waals surface area (Å²) in [4.78, 5) is 20.8. The van der Waals surface area contributed by atoms with E-state index in [1.54, 1.807) is 24.3 Å². The Morgan fingerprint density at radius 3 is 2.58 bits per heavy atom. The molecule has 2 aromatic heterocycles. The number of carbonyl (C=O) groups excluding carboxylic acids is 1. The van der Waals surface area contributed by atoms with E-state index in [1.165, 1.54) is 12.8 Å². The predicted octanol–water partition coefficient (Wildman–Crippen LogP) is 4.86. The molecule has 2 fully saturated rings. The summed E-state index contributed by atoms with van der Waals surface area (Å²) in [5.74, 6) is 0.192. The van der Waals surface area contributed by atoms with Crippen molar-refractivity contribution in [3.8, 4) is 17.0 Å². The maximum absolute atomic E-state index is 14.1. The molecule has 0 bridgehead atoms. The third-order valence-corrected chi connectivity index (χ3v) is 7.41. The van der Waals surface area contributed by atoms with E-state index in [0.29, 0.717) is 23.4 Å². The molecule has 1 amide bonds. The van der Waals surface area contributed by atoms with Crippen LogP contribution in [0.25, 0.3) is 34.4 Å². The van der Waals surface area contributed by atoms with Crippen molar-refractivity contribution in [2.75, 3.05) is 19.6 Å². The number of phenols is 1. The molecular weight excluding hydrogens is 450 g/mol. The fourth-order valence-corrected chi connectivity index (χ4v) is 5.55. The van der Waals surface area contributed by atoms with E-state index in [0.717, 1.165) is 48.1 Å².